The third kappa shape index (κ3) is 1.90. The average molecular weight is 351 g/mol. The van der Waals surface area contributed by atoms with E-state index >= 15 is 0 Å². The first-order chi connectivity index (χ1) is 9.95. The SMILES string of the molecule is C[C@]12CCC(Br)CC1=CC[C@@H]1[C@H]2CC[C@]2(C)C(=O)CC[C@@H]12. The van der Waals surface area contributed by atoms with Crippen LogP contribution in [0.5, 0.6) is 0 Å². The van der Waals surface area contributed by atoms with Crippen molar-refractivity contribution in [1.29, 1.82) is 0 Å². The number of ketones is 1. The zero-order chi connectivity index (χ0) is 14.8. The Labute approximate surface area is 137 Å². The third-order valence-corrected chi connectivity index (χ3v) is 8.53. The van der Waals surface area contributed by atoms with Crippen molar-refractivity contribution in [2.24, 2.45) is 28.6 Å². The predicted molar refractivity (Wildman–Crippen MR) is 89.4 cm³/mol. The molecule has 0 radical (unpaired) electrons. The minimum Gasteiger partial charge on any atom is -0.299 e. The minimum absolute atomic E-state index is 0.0233. The van der Waals surface area contributed by atoms with Gasteiger partial charge in [-0.2, -0.15) is 0 Å². The molecule has 0 spiro atoms. The van der Waals surface area contributed by atoms with E-state index in [9.17, 15) is 4.79 Å². The number of fused-ring (bicyclic) bond motifs is 5. The third-order valence-electron chi connectivity index (χ3n) is 7.75. The molecule has 0 bridgehead atoms. The van der Waals surface area contributed by atoms with Gasteiger partial charge in [0.2, 0.25) is 0 Å². The molecular formula is C19H27BrO. The fourth-order valence-electron chi connectivity index (χ4n) is 6.39. The summed E-state index contributed by atoms with van der Waals surface area (Å²) in [4.78, 5) is 13.1. The van der Waals surface area contributed by atoms with Gasteiger partial charge in [-0.1, -0.05) is 41.4 Å². The van der Waals surface area contributed by atoms with Crippen LogP contribution in [0, 0.1) is 28.6 Å². The van der Waals surface area contributed by atoms with Crippen LogP contribution >= 0.6 is 15.9 Å². The Morgan fingerprint density at radius 3 is 2.62 bits per heavy atom. The maximum absolute atomic E-state index is 12.4. The van der Waals surface area contributed by atoms with E-state index in [1.807, 2.05) is 0 Å². The molecule has 4 aliphatic rings. The summed E-state index contributed by atoms with van der Waals surface area (Å²) in [5.74, 6) is 2.84. The first-order valence-corrected chi connectivity index (χ1v) is 9.73. The van der Waals surface area contributed by atoms with Gasteiger partial charge in [0.1, 0.15) is 5.78 Å². The molecule has 0 aliphatic heterocycles. The molecule has 2 heteroatoms. The summed E-state index contributed by atoms with van der Waals surface area (Å²) in [5.41, 5.74) is 2.18. The Kier molecular flexibility index (Phi) is 3.24. The van der Waals surface area contributed by atoms with Gasteiger partial charge in [0.25, 0.3) is 0 Å². The number of hydrogen-bond donors (Lipinski definition) is 0. The van der Waals surface area contributed by atoms with Crippen LogP contribution in [0.1, 0.15) is 65.2 Å². The van der Waals surface area contributed by atoms with Crippen molar-refractivity contribution in [3.8, 4) is 0 Å². The smallest absolute Gasteiger partial charge is 0.139 e. The molecule has 116 valence electrons. The van der Waals surface area contributed by atoms with Crippen molar-refractivity contribution < 1.29 is 4.79 Å². The quantitative estimate of drug-likeness (QED) is 0.429. The summed E-state index contributed by atoms with van der Waals surface area (Å²) in [7, 11) is 0. The van der Waals surface area contributed by atoms with E-state index in [1.165, 1.54) is 32.1 Å². The normalized spacial score (nSPS) is 52.7. The number of halogens is 1. The number of rotatable bonds is 0. The number of carbonyl (C=O) groups is 1. The van der Waals surface area contributed by atoms with Crippen molar-refractivity contribution >= 4 is 21.7 Å². The van der Waals surface area contributed by atoms with Crippen LogP contribution in [-0.4, -0.2) is 10.6 Å². The monoisotopic (exact) mass is 350 g/mol. The summed E-state index contributed by atoms with van der Waals surface area (Å²) in [6.07, 6.45) is 12.2. The van der Waals surface area contributed by atoms with E-state index < -0.39 is 0 Å². The highest BCUT2D eigenvalue weighted by Crippen LogP contribution is 2.64. The average Bonchev–Trinajstić information content (AvgIpc) is 2.76. The molecule has 3 fully saturated rings. The Morgan fingerprint density at radius 1 is 1.10 bits per heavy atom. The number of alkyl halides is 1. The Bertz CT molecular complexity index is 510. The maximum atomic E-state index is 12.4. The first kappa shape index (κ1) is 14.5. The fraction of sp³-hybridized carbons (Fsp3) is 0.842. The molecule has 0 aromatic carbocycles. The van der Waals surface area contributed by atoms with Gasteiger partial charge in [-0.3, -0.25) is 4.79 Å². The fourth-order valence-corrected chi connectivity index (χ4v) is 6.97. The van der Waals surface area contributed by atoms with Crippen LogP contribution in [0.15, 0.2) is 11.6 Å². The lowest BCUT2D eigenvalue weighted by Crippen LogP contribution is -2.50. The highest BCUT2D eigenvalue weighted by atomic mass is 79.9. The lowest BCUT2D eigenvalue weighted by atomic mass is 9.48. The molecule has 0 N–H and O–H groups in total. The lowest BCUT2D eigenvalue weighted by molar-refractivity contribution is -0.131. The van der Waals surface area contributed by atoms with E-state index in [1.54, 1.807) is 5.57 Å². The Hall–Kier alpha value is -0.110. The minimum atomic E-state index is 0.0233. The van der Waals surface area contributed by atoms with Gasteiger partial charge in [0, 0.05) is 16.7 Å². The van der Waals surface area contributed by atoms with Crippen molar-refractivity contribution in [2.45, 2.75) is 70.0 Å². The first-order valence-electron chi connectivity index (χ1n) is 8.82. The van der Waals surface area contributed by atoms with Gasteiger partial charge < -0.3 is 0 Å². The molecule has 0 heterocycles. The predicted octanol–water partition coefficient (Wildman–Crippen LogP) is 5.28. The lowest BCUT2D eigenvalue weighted by Gasteiger charge is -2.56. The molecule has 1 nitrogen and oxygen atoms in total. The second-order valence-electron chi connectivity index (χ2n) is 8.52. The summed E-state index contributed by atoms with van der Waals surface area (Å²) in [6, 6.07) is 0. The van der Waals surface area contributed by atoms with Crippen LogP contribution in [0.2, 0.25) is 0 Å². The van der Waals surface area contributed by atoms with E-state index in [4.69, 9.17) is 0 Å². The van der Waals surface area contributed by atoms with Gasteiger partial charge in [0.15, 0.2) is 0 Å². The van der Waals surface area contributed by atoms with Crippen molar-refractivity contribution in [2.75, 3.05) is 0 Å². The molecule has 21 heavy (non-hydrogen) atoms. The zero-order valence-corrected chi connectivity index (χ0v) is 14.9. The highest BCUT2D eigenvalue weighted by Gasteiger charge is 2.58. The summed E-state index contributed by atoms with van der Waals surface area (Å²) >= 11 is 3.84. The molecule has 1 unspecified atom stereocenters. The molecule has 0 amide bonds. The number of carbonyl (C=O) groups excluding carboxylic acids is 1. The molecule has 6 atom stereocenters. The van der Waals surface area contributed by atoms with E-state index in [-0.39, 0.29) is 5.41 Å². The summed E-state index contributed by atoms with van der Waals surface area (Å²) < 4.78 is 0. The maximum Gasteiger partial charge on any atom is 0.139 e. The number of hydrogen-bond acceptors (Lipinski definition) is 1. The Morgan fingerprint density at radius 2 is 1.81 bits per heavy atom. The second-order valence-corrected chi connectivity index (χ2v) is 9.81. The van der Waals surface area contributed by atoms with Gasteiger partial charge in [0.05, 0.1) is 0 Å². The second kappa shape index (κ2) is 4.69. The van der Waals surface area contributed by atoms with Crippen molar-refractivity contribution in [1.82, 2.24) is 0 Å². The van der Waals surface area contributed by atoms with Gasteiger partial charge in [-0.05, 0) is 68.1 Å². The highest BCUT2D eigenvalue weighted by molar-refractivity contribution is 9.09. The van der Waals surface area contributed by atoms with Gasteiger partial charge >= 0.3 is 0 Å². The number of Topliss-reactive ketones (excluding diaryl/α,β-unsaturated/α-hetero) is 1. The molecule has 3 saturated carbocycles. The van der Waals surface area contributed by atoms with Crippen LogP contribution in [0.25, 0.3) is 0 Å². The van der Waals surface area contributed by atoms with Crippen LogP contribution in [-0.2, 0) is 4.79 Å². The molecular weight excluding hydrogens is 324 g/mol. The van der Waals surface area contributed by atoms with E-state index in [2.05, 4.69) is 35.9 Å². The summed E-state index contributed by atoms with van der Waals surface area (Å²) in [6.45, 7) is 4.81. The van der Waals surface area contributed by atoms with Crippen molar-refractivity contribution in [3.05, 3.63) is 11.6 Å². The van der Waals surface area contributed by atoms with Gasteiger partial charge in [-0.25, -0.2) is 0 Å². The van der Waals surface area contributed by atoms with Crippen LogP contribution in [0.3, 0.4) is 0 Å². The zero-order valence-electron chi connectivity index (χ0n) is 13.3. The molecule has 4 rings (SSSR count). The summed E-state index contributed by atoms with van der Waals surface area (Å²) in [5, 5.41) is 0. The number of allylic oxidation sites excluding steroid dienone is 2. The molecule has 0 aromatic heterocycles. The molecule has 0 aromatic rings. The standard InChI is InChI=1S/C19H27BrO/c1-18-9-7-13(20)11-12(18)3-4-14-15-5-6-17(21)19(15,2)10-8-16(14)18/h3,13-16H,4-11H2,1-2H3/t13?,14-,15-,16+,18-,19-/m0/s1. The van der Waals surface area contributed by atoms with Crippen molar-refractivity contribution in [3.63, 3.8) is 0 Å². The van der Waals surface area contributed by atoms with Crippen LogP contribution < -0.4 is 0 Å². The van der Waals surface area contributed by atoms with Crippen LogP contribution in [0.4, 0.5) is 0 Å². The van der Waals surface area contributed by atoms with E-state index in [0.29, 0.717) is 21.9 Å². The molecule has 4 aliphatic carbocycles. The van der Waals surface area contributed by atoms with E-state index in [0.717, 1.165) is 31.1 Å². The topological polar surface area (TPSA) is 17.1 Å². The largest absolute Gasteiger partial charge is 0.299 e. The van der Waals surface area contributed by atoms with Gasteiger partial charge in [-0.15, -0.1) is 0 Å². The molecule has 0 saturated heterocycles. The Balaban J connectivity index is 1.69.